The Balaban J connectivity index is 2.05. The van der Waals surface area contributed by atoms with Gasteiger partial charge in [0.1, 0.15) is 0 Å². The Morgan fingerprint density at radius 2 is 1.78 bits per heavy atom. The van der Waals surface area contributed by atoms with Gasteiger partial charge in [0.25, 0.3) is 0 Å². The molecular formula is C15H22N2S. The molecule has 0 aliphatic heterocycles. The van der Waals surface area contributed by atoms with Gasteiger partial charge in [-0.3, -0.25) is 0 Å². The highest BCUT2D eigenvalue weighted by molar-refractivity contribution is 7.22. The van der Waals surface area contributed by atoms with E-state index < -0.39 is 0 Å². The lowest BCUT2D eigenvalue weighted by atomic mass is 9.86. The second-order valence-electron chi connectivity index (χ2n) is 5.52. The first-order valence-electron chi connectivity index (χ1n) is 6.67. The third-order valence-electron chi connectivity index (χ3n) is 3.50. The number of hydrogen-bond acceptors (Lipinski definition) is 3. The average molecular weight is 262 g/mol. The van der Waals surface area contributed by atoms with Gasteiger partial charge < -0.3 is 5.32 Å². The smallest absolute Gasteiger partial charge is 0.183 e. The first-order chi connectivity index (χ1) is 8.58. The molecule has 0 atom stereocenters. The van der Waals surface area contributed by atoms with Crippen molar-refractivity contribution in [2.75, 3.05) is 11.9 Å². The molecule has 0 aliphatic carbocycles. The lowest BCUT2D eigenvalue weighted by Crippen LogP contribution is -2.24. The van der Waals surface area contributed by atoms with Crippen LogP contribution in [0.25, 0.3) is 10.2 Å². The molecule has 0 saturated carbocycles. The quantitative estimate of drug-likeness (QED) is 0.849. The van der Waals surface area contributed by atoms with Crippen LogP contribution in [0.2, 0.25) is 0 Å². The van der Waals surface area contributed by atoms with Crippen molar-refractivity contribution >= 4 is 26.7 Å². The summed E-state index contributed by atoms with van der Waals surface area (Å²) < 4.78 is 1.26. The lowest BCUT2D eigenvalue weighted by molar-refractivity contribution is 0.304. The topological polar surface area (TPSA) is 24.9 Å². The third kappa shape index (κ3) is 3.02. The number of nitrogens with zero attached hydrogens (tertiary/aromatic N) is 1. The first kappa shape index (κ1) is 13.3. The minimum Gasteiger partial charge on any atom is -0.361 e. The average Bonchev–Trinajstić information content (AvgIpc) is 2.70. The summed E-state index contributed by atoms with van der Waals surface area (Å²) in [5.74, 6) is 2.09. The Morgan fingerprint density at radius 3 is 2.39 bits per heavy atom. The zero-order valence-electron chi connectivity index (χ0n) is 11.6. The van der Waals surface area contributed by atoms with Crippen molar-refractivity contribution in [3.05, 3.63) is 24.3 Å². The molecule has 1 heterocycles. The van der Waals surface area contributed by atoms with Crippen LogP contribution in [0.4, 0.5) is 5.13 Å². The van der Waals surface area contributed by atoms with Crippen LogP contribution >= 0.6 is 11.3 Å². The SMILES string of the molecule is CC(C)C(CNc1nc2ccccc2s1)C(C)C. The summed E-state index contributed by atoms with van der Waals surface area (Å²) in [7, 11) is 0. The maximum atomic E-state index is 4.61. The summed E-state index contributed by atoms with van der Waals surface area (Å²) in [6.45, 7) is 10.2. The van der Waals surface area contributed by atoms with Crippen LogP contribution in [-0.2, 0) is 0 Å². The third-order valence-corrected chi connectivity index (χ3v) is 4.49. The lowest BCUT2D eigenvalue weighted by Gasteiger charge is -2.24. The number of hydrogen-bond donors (Lipinski definition) is 1. The van der Waals surface area contributed by atoms with E-state index in [1.54, 1.807) is 11.3 Å². The molecule has 0 amide bonds. The number of benzene rings is 1. The molecule has 3 heteroatoms. The van der Waals surface area contributed by atoms with Crippen LogP contribution < -0.4 is 5.32 Å². The van der Waals surface area contributed by atoms with Gasteiger partial charge in [-0.1, -0.05) is 51.2 Å². The molecule has 1 N–H and O–H groups in total. The normalized spacial score (nSPS) is 11.9. The molecule has 0 spiro atoms. The van der Waals surface area contributed by atoms with Crippen molar-refractivity contribution in [1.82, 2.24) is 4.98 Å². The van der Waals surface area contributed by atoms with Gasteiger partial charge in [0, 0.05) is 6.54 Å². The summed E-state index contributed by atoms with van der Waals surface area (Å²) in [6, 6.07) is 8.30. The van der Waals surface area contributed by atoms with Gasteiger partial charge in [-0.05, 0) is 29.9 Å². The van der Waals surface area contributed by atoms with Crippen molar-refractivity contribution < 1.29 is 0 Å². The minimum absolute atomic E-state index is 0.692. The van der Waals surface area contributed by atoms with Gasteiger partial charge in [0.15, 0.2) is 5.13 Å². The van der Waals surface area contributed by atoms with Gasteiger partial charge in [0.2, 0.25) is 0 Å². The second-order valence-corrected chi connectivity index (χ2v) is 6.55. The fourth-order valence-electron chi connectivity index (χ4n) is 2.39. The van der Waals surface area contributed by atoms with Crippen LogP contribution in [0.15, 0.2) is 24.3 Å². The van der Waals surface area contributed by atoms with E-state index in [4.69, 9.17) is 0 Å². The Bertz CT molecular complexity index is 461. The summed E-state index contributed by atoms with van der Waals surface area (Å²) in [5.41, 5.74) is 1.09. The summed E-state index contributed by atoms with van der Waals surface area (Å²) in [4.78, 5) is 4.61. The molecule has 2 aromatic rings. The van der Waals surface area contributed by atoms with Gasteiger partial charge in [0.05, 0.1) is 10.2 Å². The Hall–Kier alpha value is -1.09. The predicted molar refractivity (Wildman–Crippen MR) is 81.3 cm³/mol. The molecule has 1 aromatic heterocycles. The van der Waals surface area contributed by atoms with Gasteiger partial charge in [-0.25, -0.2) is 4.98 Å². The second kappa shape index (κ2) is 5.70. The molecule has 0 bridgehead atoms. The summed E-state index contributed by atoms with van der Waals surface area (Å²) in [5, 5.41) is 4.55. The Kier molecular flexibility index (Phi) is 4.23. The number of rotatable bonds is 5. The predicted octanol–water partition coefficient (Wildman–Crippen LogP) is 4.64. The van der Waals surface area contributed by atoms with Crippen LogP contribution in [-0.4, -0.2) is 11.5 Å². The highest BCUT2D eigenvalue weighted by atomic mass is 32.1. The number of nitrogens with one attached hydrogen (secondary N) is 1. The summed E-state index contributed by atoms with van der Waals surface area (Å²) >= 11 is 1.74. The molecule has 2 rings (SSSR count). The van der Waals surface area contributed by atoms with E-state index in [-0.39, 0.29) is 0 Å². The largest absolute Gasteiger partial charge is 0.361 e. The van der Waals surface area contributed by atoms with E-state index >= 15 is 0 Å². The van der Waals surface area contributed by atoms with E-state index in [2.05, 4.69) is 56.2 Å². The highest BCUT2D eigenvalue weighted by Crippen LogP contribution is 2.27. The fourth-order valence-corrected chi connectivity index (χ4v) is 3.27. The number of thiazole rings is 1. The number of para-hydroxylation sites is 1. The molecule has 18 heavy (non-hydrogen) atoms. The fraction of sp³-hybridized carbons (Fsp3) is 0.533. The van der Waals surface area contributed by atoms with Crippen LogP contribution in [0.3, 0.4) is 0 Å². The maximum absolute atomic E-state index is 4.61. The van der Waals surface area contributed by atoms with E-state index in [1.807, 2.05) is 6.07 Å². The maximum Gasteiger partial charge on any atom is 0.183 e. The first-order valence-corrected chi connectivity index (χ1v) is 7.49. The molecule has 1 aromatic carbocycles. The number of aromatic nitrogens is 1. The van der Waals surface area contributed by atoms with Gasteiger partial charge in [-0.15, -0.1) is 0 Å². The van der Waals surface area contributed by atoms with Crippen LogP contribution in [0.5, 0.6) is 0 Å². The molecule has 0 fully saturated rings. The van der Waals surface area contributed by atoms with Crippen LogP contribution in [0.1, 0.15) is 27.7 Å². The van der Waals surface area contributed by atoms with Gasteiger partial charge in [-0.2, -0.15) is 0 Å². The molecule has 2 nitrogen and oxygen atoms in total. The molecular weight excluding hydrogens is 240 g/mol. The van der Waals surface area contributed by atoms with Crippen molar-refractivity contribution in [3.63, 3.8) is 0 Å². The number of fused-ring (bicyclic) bond motifs is 1. The monoisotopic (exact) mass is 262 g/mol. The van der Waals surface area contributed by atoms with E-state index in [0.29, 0.717) is 17.8 Å². The molecule has 0 aliphatic rings. The van der Waals surface area contributed by atoms with Crippen LogP contribution in [0, 0.1) is 17.8 Å². The zero-order chi connectivity index (χ0) is 13.1. The Labute approximate surface area is 113 Å². The van der Waals surface area contributed by atoms with Crippen molar-refractivity contribution in [3.8, 4) is 0 Å². The van der Waals surface area contributed by atoms with E-state index in [9.17, 15) is 0 Å². The van der Waals surface area contributed by atoms with E-state index in [0.717, 1.165) is 17.2 Å². The zero-order valence-corrected chi connectivity index (χ0v) is 12.4. The summed E-state index contributed by atoms with van der Waals surface area (Å²) in [6.07, 6.45) is 0. The van der Waals surface area contributed by atoms with Crippen molar-refractivity contribution in [2.45, 2.75) is 27.7 Å². The molecule has 98 valence electrons. The van der Waals surface area contributed by atoms with E-state index in [1.165, 1.54) is 4.70 Å². The molecule has 0 radical (unpaired) electrons. The number of anilines is 1. The minimum atomic E-state index is 0.692. The highest BCUT2D eigenvalue weighted by Gasteiger charge is 2.17. The Morgan fingerprint density at radius 1 is 1.11 bits per heavy atom. The standard InChI is InChI=1S/C15H22N2S/c1-10(2)12(11(3)4)9-16-15-17-13-7-5-6-8-14(13)18-15/h5-8,10-12H,9H2,1-4H3,(H,16,17). The molecule has 0 saturated heterocycles. The van der Waals surface area contributed by atoms with Crippen molar-refractivity contribution in [1.29, 1.82) is 0 Å². The van der Waals surface area contributed by atoms with Crippen molar-refractivity contribution in [2.24, 2.45) is 17.8 Å². The molecule has 0 unspecified atom stereocenters. The van der Waals surface area contributed by atoms with Gasteiger partial charge >= 0.3 is 0 Å².